The first-order chi connectivity index (χ1) is 7.65. The molecular formula is C11H17N3OS. The predicted molar refractivity (Wildman–Crippen MR) is 64.5 cm³/mol. The number of amides is 1. The Labute approximate surface area is 99.5 Å². The Morgan fingerprint density at radius 1 is 1.56 bits per heavy atom. The van der Waals surface area contributed by atoms with Crippen molar-refractivity contribution in [3.63, 3.8) is 0 Å². The first-order valence-corrected chi connectivity index (χ1v) is 6.40. The van der Waals surface area contributed by atoms with Crippen molar-refractivity contribution in [2.45, 2.75) is 39.3 Å². The van der Waals surface area contributed by atoms with E-state index in [1.54, 1.807) is 11.3 Å². The number of nitrogens with one attached hydrogen (secondary N) is 2. The molecule has 0 radical (unpaired) electrons. The van der Waals surface area contributed by atoms with Gasteiger partial charge in [0.1, 0.15) is 0 Å². The van der Waals surface area contributed by atoms with E-state index in [1.807, 2.05) is 13.8 Å². The molecule has 2 rings (SSSR count). The van der Waals surface area contributed by atoms with Crippen LogP contribution < -0.4 is 10.6 Å². The highest BCUT2D eigenvalue weighted by molar-refractivity contribution is 7.11. The molecule has 1 saturated heterocycles. The highest BCUT2D eigenvalue weighted by atomic mass is 32.1. The third-order valence-corrected chi connectivity index (χ3v) is 3.83. The molecule has 0 spiro atoms. The van der Waals surface area contributed by atoms with Crippen LogP contribution in [0.4, 0.5) is 0 Å². The van der Waals surface area contributed by atoms with Gasteiger partial charge in [-0.1, -0.05) is 0 Å². The average Bonchev–Trinajstić information content (AvgIpc) is 2.74. The molecular weight excluding hydrogens is 222 g/mol. The van der Waals surface area contributed by atoms with Gasteiger partial charge in [-0.25, -0.2) is 4.98 Å². The minimum atomic E-state index is 0.177. The van der Waals surface area contributed by atoms with Crippen molar-refractivity contribution in [3.05, 3.63) is 15.6 Å². The highest BCUT2D eigenvalue weighted by Crippen LogP contribution is 2.16. The van der Waals surface area contributed by atoms with Crippen LogP contribution in [0.5, 0.6) is 0 Å². The lowest BCUT2D eigenvalue weighted by molar-refractivity contribution is -0.119. The molecule has 1 aromatic heterocycles. The van der Waals surface area contributed by atoms with Crippen molar-refractivity contribution in [2.75, 3.05) is 6.54 Å². The zero-order valence-electron chi connectivity index (χ0n) is 9.67. The first kappa shape index (κ1) is 11.5. The van der Waals surface area contributed by atoms with Crippen LogP contribution in [0.1, 0.15) is 28.4 Å². The topological polar surface area (TPSA) is 54.0 Å². The fraction of sp³-hybridized carbons (Fsp3) is 0.636. The Hall–Kier alpha value is -0.940. The maximum atomic E-state index is 11.0. The van der Waals surface area contributed by atoms with Crippen molar-refractivity contribution >= 4 is 17.2 Å². The van der Waals surface area contributed by atoms with Crippen molar-refractivity contribution in [1.82, 2.24) is 15.6 Å². The standard InChI is InChI=1S/C11H17N3OS/c1-7-10(16-8(2)13-7)6-12-5-9-3-4-11(15)14-9/h9,12H,3-6H2,1-2H3,(H,14,15). The van der Waals surface area contributed by atoms with Crippen LogP contribution in [0.25, 0.3) is 0 Å². The summed E-state index contributed by atoms with van der Waals surface area (Å²) in [6.07, 6.45) is 1.62. The molecule has 5 heteroatoms. The Morgan fingerprint density at radius 3 is 2.94 bits per heavy atom. The zero-order chi connectivity index (χ0) is 11.5. The van der Waals surface area contributed by atoms with Crippen LogP contribution in [-0.4, -0.2) is 23.5 Å². The molecule has 1 fully saturated rings. The van der Waals surface area contributed by atoms with Gasteiger partial charge in [0, 0.05) is 30.4 Å². The summed E-state index contributed by atoms with van der Waals surface area (Å²) in [5, 5.41) is 7.43. The maximum Gasteiger partial charge on any atom is 0.220 e. The van der Waals surface area contributed by atoms with Crippen LogP contribution >= 0.6 is 11.3 Å². The largest absolute Gasteiger partial charge is 0.352 e. The minimum absolute atomic E-state index is 0.177. The third kappa shape index (κ3) is 2.80. The van der Waals surface area contributed by atoms with Gasteiger partial charge in [0.2, 0.25) is 5.91 Å². The van der Waals surface area contributed by atoms with Crippen LogP contribution in [0, 0.1) is 13.8 Å². The van der Waals surface area contributed by atoms with Gasteiger partial charge >= 0.3 is 0 Å². The molecule has 1 unspecified atom stereocenters. The average molecular weight is 239 g/mol. The van der Waals surface area contributed by atoms with Crippen molar-refractivity contribution in [1.29, 1.82) is 0 Å². The molecule has 88 valence electrons. The van der Waals surface area contributed by atoms with E-state index in [0.29, 0.717) is 12.5 Å². The molecule has 0 bridgehead atoms. The van der Waals surface area contributed by atoms with Crippen LogP contribution in [0.15, 0.2) is 0 Å². The number of carbonyl (C=O) groups excluding carboxylic acids is 1. The Kier molecular flexibility index (Phi) is 3.56. The summed E-state index contributed by atoms with van der Waals surface area (Å²) in [4.78, 5) is 16.7. The van der Waals surface area contributed by atoms with Crippen LogP contribution in [-0.2, 0) is 11.3 Å². The summed E-state index contributed by atoms with van der Waals surface area (Å²) in [5.41, 5.74) is 1.12. The van der Waals surface area contributed by atoms with Gasteiger partial charge in [-0.15, -0.1) is 11.3 Å². The number of nitrogens with zero attached hydrogens (tertiary/aromatic N) is 1. The molecule has 0 aliphatic carbocycles. The van der Waals surface area contributed by atoms with Gasteiger partial charge in [-0.2, -0.15) is 0 Å². The second kappa shape index (κ2) is 4.93. The summed E-state index contributed by atoms with van der Waals surface area (Å²) >= 11 is 1.74. The summed E-state index contributed by atoms with van der Waals surface area (Å²) < 4.78 is 0. The molecule has 1 aromatic rings. The highest BCUT2D eigenvalue weighted by Gasteiger charge is 2.19. The van der Waals surface area contributed by atoms with Gasteiger partial charge in [-0.3, -0.25) is 4.79 Å². The molecule has 1 amide bonds. The first-order valence-electron chi connectivity index (χ1n) is 5.58. The molecule has 4 nitrogen and oxygen atoms in total. The van der Waals surface area contributed by atoms with Gasteiger partial charge in [0.15, 0.2) is 0 Å². The van der Waals surface area contributed by atoms with E-state index in [-0.39, 0.29) is 5.91 Å². The van der Waals surface area contributed by atoms with E-state index in [0.717, 1.165) is 30.2 Å². The summed E-state index contributed by atoms with van der Waals surface area (Å²) in [6.45, 7) is 5.77. The molecule has 1 aliphatic rings. The number of rotatable bonds is 4. The number of carbonyl (C=O) groups is 1. The number of hydrogen-bond acceptors (Lipinski definition) is 4. The van der Waals surface area contributed by atoms with Crippen molar-refractivity contribution in [2.24, 2.45) is 0 Å². The monoisotopic (exact) mass is 239 g/mol. The molecule has 2 N–H and O–H groups in total. The van der Waals surface area contributed by atoms with E-state index in [2.05, 4.69) is 15.6 Å². The second-order valence-electron chi connectivity index (χ2n) is 4.18. The lowest BCUT2D eigenvalue weighted by atomic mass is 10.2. The fourth-order valence-electron chi connectivity index (χ4n) is 1.93. The Morgan fingerprint density at radius 2 is 2.38 bits per heavy atom. The quantitative estimate of drug-likeness (QED) is 0.828. The number of aryl methyl sites for hydroxylation is 2. The Bertz CT molecular complexity index is 389. The van der Waals surface area contributed by atoms with Gasteiger partial charge in [0.05, 0.1) is 10.7 Å². The molecule has 16 heavy (non-hydrogen) atoms. The molecule has 0 saturated carbocycles. The molecule has 0 aromatic carbocycles. The Balaban J connectivity index is 1.76. The molecule has 2 heterocycles. The predicted octanol–water partition coefficient (Wildman–Crippen LogP) is 1.13. The third-order valence-electron chi connectivity index (χ3n) is 2.76. The summed E-state index contributed by atoms with van der Waals surface area (Å²) in [7, 11) is 0. The fourth-order valence-corrected chi connectivity index (χ4v) is 2.83. The smallest absolute Gasteiger partial charge is 0.220 e. The maximum absolute atomic E-state index is 11.0. The van der Waals surface area contributed by atoms with E-state index in [1.165, 1.54) is 4.88 Å². The molecule has 1 atom stereocenters. The number of aromatic nitrogens is 1. The van der Waals surface area contributed by atoms with E-state index in [4.69, 9.17) is 0 Å². The normalized spacial score (nSPS) is 20.1. The van der Waals surface area contributed by atoms with Crippen LogP contribution in [0.3, 0.4) is 0 Å². The lowest BCUT2D eigenvalue weighted by Gasteiger charge is -2.10. The van der Waals surface area contributed by atoms with Gasteiger partial charge < -0.3 is 10.6 Å². The zero-order valence-corrected chi connectivity index (χ0v) is 10.5. The molecule has 1 aliphatic heterocycles. The van der Waals surface area contributed by atoms with Crippen molar-refractivity contribution in [3.8, 4) is 0 Å². The minimum Gasteiger partial charge on any atom is -0.352 e. The van der Waals surface area contributed by atoms with Gasteiger partial charge in [-0.05, 0) is 20.3 Å². The number of hydrogen-bond donors (Lipinski definition) is 2. The summed E-state index contributed by atoms with van der Waals surface area (Å²) in [6, 6.07) is 0.307. The number of thiazole rings is 1. The summed E-state index contributed by atoms with van der Waals surface area (Å²) in [5.74, 6) is 0.177. The van der Waals surface area contributed by atoms with E-state index < -0.39 is 0 Å². The van der Waals surface area contributed by atoms with Crippen molar-refractivity contribution < 1.29 is 4.79 Å². The van der Waals surface area contributed by atoms with E-state index >= 15 is 0 Å². The van der Waals surface area contributed by atoms with E-state index in [9.17, 15) is 4.79 Å². The van der Waals surface area contributed by atoms with Crippen LogP contribution in [0.2, 0.25) is 0 Å². The SMILES string of the molecule is Cc1nc(C)c(CNCC2CCC(=O)N2)s1. The second-order valence-corrected chi connectivity index (χ2v) is 5.46. The van der Waals surface area contributed by atoms with Gasteiger partial charge in [0.25, 0.3) is 0 Å². The lowest BCUT2D eigenvalue weighted by Crippen LogP contribution is -2.35.